The summed E-state index contributed by atoms with van der Waals surface area (Å²) < 4.78 is 23.6. The van der Waals surface area contributed by atoms with Crippen LogP contribution in [0.4, 0.5) is 4.39 Å². The molecule has 2 aromatic rings. The fraction of sp³-hybridized carbons (Fsp3) is 0.188. The van der Waals surface area contributed by atoms with Crippen molar-refractivity contribution in [2.45, 2.75) is 6.61 Å². The van der Waals surface area contributed by atoms with Crippen LogP contribution in [0, 0.1) is 5.82 Å². The standard InChI is InChI=1S/C16H15FO3/c1-19-16-8-7-13(17)9-14(16)15(18)11-20-10-12-5-3-2-4-6-12/h2-9H,10-11H2,1H3. The second-order valence-electron chi connectivity index (χ2n) is 4.25. The van der Waals surface area contributed by atoms with E-state index in [1.54, 1.807) is 0 Å². The number of hydrogen-bond donors (Lipinski definition) is 0. The maximum Gasteiger partial charge on any atom is 0.192 e. The summed E-state index contributed by atoms with van der Waals surface area (Å²) in [6.07, 6.45) is 0. The van der Waals surface area contributed by atoms with Crippen LogP contribution in [-0.2, 0) is 11.3 Å². The molecule has 0 aliphatic heterocycles. The Labute approximate surface area is 117 Å². The Hall–Kier alpha value is -2.20. The van der Waals surface area contributed by atoms with Gasteiger partial charge >= 0.3 is 0 Å². The number of hydrogen-bond acceptors (Lipinski definition) is 3. The second kappa shape index (κ2) is 6.82. The first-order valence-corrected chi connectivity index (χ1v) is 6.19. The number of halogens is 1. The first-order valence-electron chi connectivity index (χ1n) is 6.19. The Morgan fingerprint density at radius 2 is 1.90 bits per heavy atom. The smallest absolute Gasteiger partial charge is 0.192 e. The maximum atomic E-state index is 13.2. The van der Waals surface area contributed by atoms with Crippen LogP contribution in [0.2, 0.25) is 0 Å². The molecular formula is C16H15FO3. The summed E-state index contributed by atoms with van der Waals surface area (Å²) in [4.78, 5) is 12.0. The molecule has 4 heteroatoms. The number of rotatable bonds is 6. The van der Waals surface area contributed by atoms with Gasteiger partial charge in [0.2, 0.25) is 0 Å². The van der Waals surface area contributed by atoms with Crippen molar-refractivity contribution in [2.24, 2.45) is 0 Å². The Bertz CT molecular complexity index is 582. The number of benzene rings is 2. The van der Waals surface area contributed by atoms with Gasteiger partial charge in [-0.1, -0.05) is 30.3 Å². The van der Waals surface area contributed by atoms with Crippen molar-refractivity contribution < 1.29 is 18.7 Å². The lowest BCUT2D eigenvalue weighted by Gasteiger charge is -2.08. The molecule has 104 valence electrons. The maximum absolute atomic E-state index is 13.2. The molecule has 0 amide bonds. The normalized spacial score (nSPS) is 10.3. The van der Waals surface area contributed by atoms with Gasteiger partial charge in [-0.25, -0.2) is 4.39 Å². The van der Waals surface area contributed by atoms with E-state index in [0.717, 1.165) is 11.6 Å². The van der Waals surface area contributed by atoms with Crippen molar-refractivity contribution in [3.8, 4) is 5.75 Å². The zero-order chi connectivity index (χ0) is 14.4. The van der Waals surface area contributed by atoms with Crippen molar-refractivity contribution in [2.75, 3.05) is 13.7 Å². The van der Waals surface area contributed by atoms with Gasteiger partial charge in [-0.3, -0.25) is 4.79 Å². The zero-order valence-electron chi connectivity index (χ0n) is 11.1. The van der Waals surface area contributed by atoms with Crippen LogP contribution < -0.4 is 4.74 Å². The molecule has 0 spiro atoms. The van der Waals surface area contributed by atoms with Crippen molar-refractivity contribution in [1.29, 1.82) is 0 Å². The molecule has 0 bridgehead atoms. The van der Waals surface area contributed by atoms with Gasteiger partial charge < -0.3 is 9.47 Å². The lowest BCUT2D eigenvalue weighted by atomic mass is 10.1. The summed E-state index contributed by atoms with van der Waals surface area (Å²) in [6.45, 7) is 0.221. The fourth-order valence-electron chi connectivity index (χ4n) is 1.81. The molecule has 0 radical (unpaired) electrons. The van der Waals surface area contributed by atoms with E-state index in [0.29, 0.717) is 12.4 Å². The third-order valence-electron chi connectivity index (χ3n) is 2.81. The second-order valence-corrected chi connectivity index (χ2v) is 4.25. The van der Waals surface area contributed by atoms with E-state index >= 15 is 0 Å². The van der Waals surface area contributed by atoms with Crippen LogP contribution in [0.15, 0.2) is 48.5 Å². The molecule has 0 heterocycles. The van der Waals surface area contributed by atoms with Gasteiger partial charge in [-0.15, -0.1) is 0 Å². The topological polar surface area (TPSA) is 35.5 Å². The quantitative estimate of drug-likeness (QED) is 0.759. The van der Waals surface area contributed by atoms with Gasteiger partial charge in [0.05, 0.1) is 19.3 Å². The molecule has 20 heavy (non-hydrogen) atoms. The summed E-state index contributed by atoms with van der Waals surface area (Å²) in [5.74, 6) is -0.436. The monoisotopic (exact) mass is 274 g/mol. The van der Waals surface area contributed by atoms with Crippen LogP contribution in [0.1, 0.15) is 15.9 Å². The van der Waals surface area contributed by atoms with Gasteiger partial charge in [-0.2, -0.15) is 0 Å². The van der Waals surface area contributed by atoms with Crippen LogP contribution in [0.3, 0.4) is 0 Å². The molecule has 0 saturated heterocycles. The van der Waals surface area contributed by atoms with Gasteiger partial charge in [0, 0.05) is 0 Å². The van der Waals surface area contributed by atoms with Crippen LogP contribution in [-0.4, -0.2) is 19.5 Å². The molecule has 0 saturated carbocycles. The highest BCUT2D eigenvalue weighted by Crippen LogP contribution is 2.20. The van der Waals surface area contributed by atoms with E-state index in [-0.39, 0.29) is 18.0 Å². The number of carbonyl (C=O) groups excluding carboxylic acids is 1. The number of ketones is 1. The summed E-state index contributed by atoms with van der Waals surface area (Å²) >= 11 is 0. The highest BCUT2D eigenvalue weighted by Gasteiger charge is 2.13. The minimum atomic E-state index is -0.475. The summed E-state index contributed by atoms with van der Waals surface area (Å²) in [5.41, 5.74) is 1.17. The fourth-order valence-corrected chi connectivity index (χ4v) is 1.81. The molecule has 0 aromatic heterocycles. The lowest BCUT2D eigenvalue weighted by molar-refractivity contribution is 0.0723. The zero-order valence-corrected chi connectivity index (χ0v) is 11.1. The molecule has 0 unspecified atom stereocenters. The van der Waals surface area contributed by atoms with Crippen molar-refractivity contribution in [1.82, 2.24) is 0 Å². The first-order chi connectivity index (χ1) is 9.70. The van der Waals surface area contributed by atoms with E-state index in [1.165, 1.54) is 19.2 Å². The minimum absolute atomic E-state index is 0.116. The summed E-state index contributed by atoms with van der Waals surface area (Å²) in [6, 6.07) is 13.4. The number of ether oxygens (including phenoxy) is 2. The van der Waals surface area contributed by atoms with Gasteiger partial charge in [-0.05, 0) is 23.8 Å². The Morgan fingerprint density at radius 1 is 1.15 bits per heavy atom. The molecule has 0 aliphatic rings. The number of Topliss-reactive ketones (excluding diaryl/α,β-unsaturated/α-hetero) is 1. The Morgan fingerprint density at radius 3 is 2.60 bits per heavy atom. The molecular weight excluding hydrogens is 259 g/mol. The van der Waals surface area contributed by atoms with Crippen LogP contribution in [0.5, 0.6) is 5.75 Å². The Balaban J connectivity index is 1.97. The molecule has 2 rings (SSSR count). The largest absolute Gasteiger partial charge is 0.496 e. The highest BCUT2D eigenvalue weighted by atomic mass is 19.1. The third-order valence-corrected chi connectivity index (χ3v) is 2.81. The average Bonchev–Trinajstić information content (AvgIpc) is 2.48. The van der Waals surface area contributed by atoms with Crippen molar-refractivity contribution in [3.63, 3.8) is 0 Å². The van der Waals surface area contributed by atoms with Crippen LogP contribution in [0.25, 0.3) is 0 Å². The van der Waals surface area contributed by atoms with Crippen molar-refractivity contribution in [3.05, 3.63) is 65.5 Å². The van der Waals surface area contributed by atoms with E-state index in [4.69, 9.17) is 9.47 Å². The molecule has 0 aliphatic carbocycles. The van der Waals surface area contributed by atoms with Gasteiger partial charge in [0.25, 0.3) is 0 Å². The SMILES string of the molecule is COc1ccc(F)cc1C(=O)COCc1ccccc1. The van der Waals surface area contributed by atoms with Crippen molar-refractivity contribution >= 4 is 5.78 Å². The predicted octanol–water partition coefficient (Wildman–Crippen LogP) is 3.23. The first kappa shape index (κ1) is 14.2. The molecule has 2 aromatic carbocycles. The molecule has 0 N–H and O–H groups in total. The van der Waals surface area contributed by atoms with E-state index in [9.17, 15) is 9.18 Å². The molecule has 3 nitrogen and oxygen atoms in total. The molecule has 0 atom stereocenters. The van der Waals surface area contributed by atoms with Gasteiger partial charge in [0.15, 0.2) is 5.78 Å². The summed E-state index contributed by atoms with van der Waals surface area (Å²) in [5, 5.41) is 0. The predicted molar refractivity (Wildman–Crippen MR) is 73.4 cm³/mol. The average molecular weight is 274 g/mol. The number of methoxy groups -OCH3 is 1. The van der Waals surface area contributed by atoms with E-state index in [1.807, 2.05) is 30.3 Å². The van der Waals surface area contributed by atoms with E-state index in [2.05, 4.69) is 0 Å². The Kier molecular flexibility index (Phi) is 4.85. The van der Waals surface area contributed by atoms with Crippen LogP contribution >= 0.6 is 0 Å². The van der Waals surface area contributed by atoms with E-state index < -0.39 is 5.82 Å². The number of carbonyl (C=O) groups is 1. The molecule has 0 fully saturated rings. The third kappa shape index (κ3) is 3.65. The van der Waals surface area contributed by atoms with Gasteiger partial charge in [0.1, 0.15) is 18.2 Å². The minimum Gasteiger partial charge on any atom is -0.496 e. The lowest BCUT2D eigenvalue weighted by Crippen LogP contribution is -2.11. The summed E-state index contributed by atoms with van der Waals surface area (Å²) in [7, 11) is 1.44. The highest BCUT2D eigenvalue weighted by molar-refractivity contribution is 5.99.